The summed E-state index contributed by atoms with van der Waals surface area (Å²) in [7, 11) is 1.93. The Morgan fingerprint density at radius 1 is 0.864 bits per heavy atom. The van der Waals surface area contributed by atoms with Crippen LogP contribution >= 0.6 is 0 Å². The van der Waals surface area contributed by atoms with Gasteiger partial charge in [-0.2, -0.15) is 0 Å². The molecule has 7 nitrogen and oxygen atoms in total. The molecule has 7 heteroatoms. The molecule has 0 aliphatic carbocycles. The van der Waals surface area contributed by atoms with Crippen molar-refractivity contribution in [2.24, 2.45) is 0 Å². The summed E-state index contributed by atoms with van der Waals surface area (Å²) < 4.78 is 10.5. The lowest BCUT2D eigenvalue weighted by Gasteiger charge is -2.26. The van der Waals surface area contributed by atoms with Crippen molar-refractivity contribution in [3.63, 3.8) is 0 Å². The van der Waals surface area contributed by atoms with Crippen molar-refractivity contribution in [2.75, 3.05) is 20.1 Å². The number of hydrogen-bond acceptors (Lipinski definition) is 5. The smallest absolute Gasteiger partial charge is 0.407 e. The Bertz CT molecular complexity index is 374. The fourth-order valence-corrected chi connectivity index (χ4v) is 2.21. The highest BCUT2D eigenvalue weighted by molar-refractivity contribution is 5.70. The van der Waals surface area contributed by atoms with Crippen LogP contribution in [-0.4, -0.2) is 60.5 Å². The van der Waals surface area contributed by atoms with Gasteiger partial charge in [-0.05, 0) is 48.6 Å². The molecular weight excluding hydrogens is 286 g/mol. The van der Waals surface area contributed by atoms with Crippen LogP contribution in [0.2, 0.25) is 0 Å². The summed E-state index contributed by atoms with van der Waals surface area (Å²) in [5.74, 6) is 0. The molecule has 1 aliphatic rings. The molecule has 0 spiro atoms. The van der Waals surface area contributed by atoms with Crippen LogP contribution in [0.25, 0.3) is 0 Å². The van der Waals surface area contributed by atoms with Crippen LogP contribution in [0.1, 0.15) is 41.5 Å². The highest BCUT2D eigenvalue weighted by Crippen LogP contribution is 2.13. The Labute approximate surface area is 132 Å². The average Bonchev–Trinajstić information content (AvgIpc) is 2.52. The molecule has 1 aliphatic heterocycles. The van der Waals surface area contributed by atoms with E-state index < -0.39 is 23.4 Å². The van der Waals surface area contributed by atoms with E-state index in [1.807, 2.05) is 53.5 Å². The van der Waals surface area contributed by atoms with Crippen LogP contribution in [0, 0.1) is 0 Å². The van der Waals surface area contributed by atoms with Gasteiger partial charge < -0.3 is 25.0 Å². The standard InChI is InChI=1S/C15H29N3O4/c1-14(2,3)21-12(19)16-10-8-18(7)9-11(10)17-13(20)22-15(4,5)6/h10-11H,8-9H2,1-7H3,(H,16,19)(H,17,20). The number of nitrogens with zero attached hydrogens (tertiary/aromatic N) is 1. The minimum atomic E-state index is -0.553. The monoisotopic (exact) mass is 315 g/mol. The molecule has 1 saturated heterocycles. The first-order chi connectivity index (χ1) is 9.85. The van der Waals surface area contributed by atoms with Gasteiger partial charge in [0, 0.05) is 13.1 Å². The van der Waals surface area contributed by atoms with E-state index in [0.717, 1.165) is 0 Å². The van der Waals surface area contributed by atoms with E-state index in [1.54, 1.807) is 0 Å². The maximum absolute atomic E-state index is 11.9. The van der Waals surface area contributed by atoms with Crippen LogP contribution < -0.4 is 10.6 Å². The largest absolute Gasteiger partial charge is 0.444 e. The topological polar surface area (TPSA) is 79.9 Å². The van der Waals surface area contributed by atoms with Gasteiger partial charge in [-0.1, -0.05) is 0 Å². The van der Waals surface area contributed by atoms with Gasteiger partial charge in [-0.15, -0.1) is 0 Å². The van der Waals surface area contributed by atoms with Crippen molar-refractivity contribution >= 4 is 12.2 Å². The summed E-state index contributed by atoms with van der Waals surface area (Å²) in [6.07, 6.45) is -0.965. The second-order valence-corrected chi connectivity index (χ2v) is 7.73. The predicted octanol–water partition coefficient (Wildman–Crippen LogP) is 1.72. The third-order valence-corrected chi connectivity index (χ3v) is 2.91. The molecule has 0 aromatic rings. The van der Waals surface area contributed by atoms with Gasteiger partial charge in [0.2, 0.25) is 0 Å². The van der Waals surface area contributed by atoms with E-state index in [9.17, 15) is 9.59 Å². The fourth-order valence-electron chi connectivity index (χ4n) is 2.21. The van der Waals surface area contributed by atoms with Gasteiger partial charge in [0.25, 0.3) is 0 Å². The highest BCUT2D eigenvalue weighted by atomic mass is 16.6. The van der Waals surface area contributed by atoms with Crippen LogP contribution in [-0.2, 0) is 9.47 Å². The molecule has 2 amide bonds. The molecule has 1 heterocycles. The first-order valence-electron chi connectivity index (χ1n) is 7.53. The summed E-state index contributed by atoms with van der Waals surface area (Å²) in [5.41, 5.74) is -1.11. The van der Waals surface area contributed by atoms with Crippen molar-refractivity contribution in [2.45, 2.75) is 64.8 Å². The number of rotatable bonds is 2. The van der Waals surface area contributed by atoms with E-state index in [-0.39, 0.29) is 12.1 Å². The lowest BCUT2D eigenvalue weighted by atomic mass is 10.1. The van der Waals surface area contributed by atoms with Crippen molar-refractivity contribution in [3.8, 4) is 0 Å². The van der Waals surface area contributed by atoms with Gasteiger partial charge in [0.1, 0.15) is 11.2 Å². The number of hydrogen-bond donors (Lipinski definition) is 2. The SMILES string of the molecule is CN1CC(NC(=O)OC(C)(C)C)C(NC(=O)OC(C)(C)C)C1. The molecular formula is C15H29N3O4. The van der Waals surface area contributed by atoms with Gasteiger partial charge in [-0.3, -0.25) is 0 Å². The molecule has 0 saturated carbocycles. The number of nitrogens with one attached hydrogen (secondary N) is 2. The molecule has 0 aromatic heterocycles. The zero-order valence-corrected chi connectivity index (χ0v) is 14.6. The Kier molecular flexibility index (Phi) is 5.67. The zero-order chi connectivity index (χ0) is 17.1. The number of ether oxygens (including phenoxy) is 2. The molecule has 1 rings (SSSR count). The normalized spacial score (nSPS) is 23.0. The number of carbonyl (C=O) groups excluding carboxylic acids is 2. The number of alkyl carbamates (subject to hydrolysis) is 2. The third-order valence-electron chi connectivity index (χ3n) is 2.91. The summed E-state index contributed by atoms with van der Waals surface area (Å²) in [6.45, 7) is 12.1. The highest BCUT2D eigenvalue weighted by Gasteiger charge is 2.35. The maximum Gasteiger partial charge on any atom is 0.407 e. The van der Waals surface area contributed by atoms with Crippen molar-refractivity contribution in [1.29, 1.82) is 0 Å². The molecule has 2 N–H and O–H groups in total. The quantitative estimate of drug-likeness (QED) is 0.811. The zero-order valence-electron chi connectivity index (χ0n) is 14.6. The number of likely N-dealkylation sites (N-methyl/N-ethyl adjacent to an activating group) is 1. The molecule has 2 unspecified atom stereocenters. The van der Waals surface area contributed by atoms with Crippen LogP contribution in [0.15, 0.2) is 0 Å². The fraction of sp³-hybridized carbons (Fsp3) is 0.867. The molecule has 128 valence electrons. The van der Waals surface area contributed by atoms with Crippen molar-refractivity contribution < 1.29 is 19.1 Å². The van der Waals surface area contributed by atoms with E-state index in [0.29, 0.717) is 13.1 Å². The van der Waals surface area contributed by atoms with Crippen LogP contribution in [0.3, 0.4) is 0 Å². The summed E-state index contributed by atoms with van der Waals surface area (Å²) in [5, 5.41) is 5.62. The molecule has 0 aromatic carbocycles. The lowest BCUT2D eigenvalue weighted by Crippen LogP contribution is -2.52. The van der Waals surface area contributed by atoms with Gasteiger partial charge >= 0.3 is 12.2 Å². The third kappa shape index (κ3) is 6.98. The Morgan fingerprint density at radius 2 is 1.18 bits per heavy atom. The first kappa shape index (κ1) is 18.5. The molecule has 0 bridgehead atoms. The lowest BCUT2D eigenvalue weighted by molar-refractivity contribution is 0.0447. The summed E-state index contributed by atoms with van der Waals surface area (Å²) in [4.78, 5) is 25.8. The van der Waals surface area contributed by atoms with E-state index in [1.165, 1.54) is 0 Å². The number of carbonyl (C=O) groups is 2. The summed E-state index contributed by atoms with van der Waals surface area (Å²) >= 11 is 0. The molecule has 22 heavy (non-hydrogen) atoms. The Balaban J connectivity index is 2.58. The Morgan fingerprint density at radius 3 is 1.45 bits per heavy atom. The Hall–Kier alpha value is -1.50. The maximum atomic E-state index is 11.9. The van der Waals surface area contributed by atoms with Gasteiger partial charge in [0.05, 0.1) is 12.1 Å². The van der Waals surface area contributed by atoms with E-state index >= 15 is 0 Å². The number of likely N-dealkylation sites (tertiary alicyclic amines) is 1. The summed E-state index contributed by atoms with van der Waals surface area (Å²) in [6, 6.07) is -0.431. The van der Waals surface area contributed by atoms with Crippen molar-refractivity contribution in [3.05, 3.63) is 0 Å². The second-order valence-electron chi connectivity index (χ2n) is 7.73. The van der Waals surface area contributed by atoms with Crippen LogP contribution in [0.4, 0.5) is 9.59 Å². The second kappa shape index (κ2) is 6.73. The average molecular weight is 315 g/mol. The molecule has 0 radical (unpaired) electrons. The minimum absolute atomic E-state index is 0.215. The van der Waals surface area contributed by atoms with E-state index in [4.69, 9.17) is 9.47 Å². The first-order valence-corrected chi connectivity index (χ1v) is 7.53. The minimum Gasteiger partial charge on any atom is -0.444 e. The molecule has 1 fully saturated rings. The van der Waals surface area contributed by atoms with Gasteiger partial charge in [-0.25, -0.2) is 9.59 Å². The molecule has 2 atom stereocenters. The van der Waals surface area contributed by atoms with E-state index in [2.05, 4.69) is 10.6 Å². The van der Waals surface area contributed by atoms with Crippen LogP contribution in [0.5, 0.6) is 0 Å². The van der Waals surface area contributed by atoms with Gasteiger partial charge in [0.15, 0.2) is 0 Å². The predicted molar refractivity (Wildman–Crippen MR) is 83.8 cm³/mol. The van der Waals surface area contributed by atoms with Crippen molar-refractivity contribution in [1.82, 2.24) is 15.5 Å². The number of amides is 2.